The normalized spacial score (nSPS) is 22.4. The molecular weight excluding hydrogens is 893 g/mol. The SMILES string of the molecule is CCN(CC(=O)N[C@H]1CCOC1)C(=O)c1ccc2c(c1)c1c(n2C)CCC(C2CCOCC2)C1.CCNCC(=O)O.Cn1c2c(c3cc(C(=O)O)ccc31)CC(C1CCOCC1)CC2.N[C@H]1CCOC1. The van der Waals surface area contributed by atoms with Gasteiger partial charge in [-0.2, -0.15) is 0 Å². The third kappa shape index (κ3) is 13.4. The van der Waals surface area contributed by atoms with Gasteiger partial charge in [0.25, 0.3) is 5.91 Å². The monoisotopic (exact) mass is 971 g/mol. The second-order valence-corrected chi connectivity index (χ2v) is 19.9. The molecule has 2 aliphatic carbocycles. The number of carbonyl (C=O) groups is 4. The average molecular weight is 971 g/mol. The summed E-state index contributed by atoms with van der Waals surface area (Å²) >= 11 is 0. The van der Waals surface area contributed by atoms with E-state index in [9.17, 15) is 24.3 Å². The highest BCUT2D eigenvalue weighted by Gasteiger charge is 2.33. The van der Waals surface area contributed by atoms with Crippen LogP contribution in [0.4, 0.5) is 0 Å². The number of aryl methyl sites for hydroxylation is 2. The topological polar surface area (TPSA) is 209 Å². The van der Waals surface area contributed by atoms with Gasteiger partial charge in [0.1, 0.15) is 0 Å². The fourth-order valence-electron chi connectivity index (χ4n) is 11.4. The maximum absolute atomic E-state index is 13.4. The number of aromatic carboxylic acids is 1. The molecule has 2 amide bonds. The molecule has 0 spiro atoms. The molecule has 2 aromatic carbocycles. The Morgan fingerprint density at radius 1 is 0.671 bits per heavy atom. The largest absolute Gasteiger partial charge is 0.480 e. The van der Waals surface area contributed by atoms with Crippen molar-refractivity contribution >= 4 is 45.6 Å². The third-order valence-electron chi connectivity index (χ3n) is 15.5. The lowest BCUT2D eigenvalue weighted by molar-refractivity contribution is -0.136. The van der Waals surface area contributed by atoms with Crippen LogP contribution in [0.3, 0.4) is 0 Å². The molecule has 2 aromatic heterocycles. The lowest BCUT2D eigenvalue weighted by Gasteiger charge is -2.33. The van der Waals surface area contributed by atoms with Crippen molar-refractivity contribution in [3.63, 3.8) is 0 Å². The number of hydrogen-bond acceptors (Lipinski definition) is 10. The molecular formula is C54H78N6O10. The van der Waals surface area contributed by atoms with Gasteiger partial charge >= 0.3 is 11.9 Å². The van der Waals surface area contributed by atoms with Gasteiger partial charge in [0.05, 0.1) is 37.9 Å². The first kappa shape index (κ1) is 53.0. The summed E-state index contributed by atoms with van der Waals surface area (Å²) in [5.41, 5.74) is 14.4. The number of likely N-dealkylation sites (N-methyl/N-ethyl adjacent to an activating group) is 2. The number of nitrogens with zero attached hydrogens (tertiary/aromatic N) is 3. The molecule has 6 heterocycles. The van der Waals surface area contributed by atoms with Crippen LogP contribution in [0.2, 0.25) is 0 Å². The van der Waals surface area contributed by atoms with Crippen LogP contribution in [0.5, 0.6) is 0 Å². The Kier molecular flexibility index (Phi) is 19.3. The molecule has 10 rings (SSSR count). The minimum absolute atomic E-state index is 0.0529. The standard InChI is InChI=1S/C27H37N3O4.C19H23NO3.C4H9NO2.C4H9NO/c1-3-30(16-26(31)28-21-10-13-34-17-21)27(32)20-5-7-25-23(15-20)22-14-19(4-6-24(22)29(25)2)18-8-11-33-12-9-18;1-20-17-4-2-13(12-6-8-23-9-7-12)10-15(17)16-11-14(19(21)22)3-5-18(16)20;1-2-5-3-4(6)7;5-4-1-2-6-3-4/h5,7,15,18-19,21H,3-4,6,8-14,16-17H2,1-2H3,(H,28,31);3,5,11-13H,2,4,6-10H2,1H3,(H,21,22);5H,2-3H2,1H3,(H,6,7);4H,1-3,5H2/t19?,21-;;;4-/m0..0/s1. The van der Waals surface area contributed by atoms with Crippen molar-refractivity contribution in [1.29, 1.82) is 0 Å². The Bertz CT molecular complexity index is 2390. The van der Waals surface area contributed by atoms with Gasteiger partial charge in [-0.25, -0.2) is 4.79 Å². The highest BCUT2D eigenvalue weighted by Crippen LogP contribution is 2.41. The van der Waals surface area contributed by atoms with E-state index in [0.29, 0.717) is 55.3 Å². The van der Waals surface area contributed by atoms with Crippen molar-refractivity contribution in [3.8, 4) is 0 Å². The van der Waals surface area contributed by atoms with Crippen molar-refractivity contribution < 1.29 is 48.3 Å². The van der Waals surface area contributed by atoms with E-state index in [4.69, 9.17) is 29.8 Å². The van der Waals surface area contributed by atoms with Crippen LogP contribution in [-0.2, 0) is 68.3 Å². The van der Waals surface area contributed by atoms with E-state index >= 15 is 0 Å². The number of nitrogens with one attached hydrogen (secondary N) is 2. The van der Waals surface area contributed by atoms with Gasteiger partial charge < -0.3 is 59.6 Å². The molecule has 16 heteroatoms. The number of fused-ring (bicyclic) bond motifs is 6. The van der Waals surface area contributed by atoms with Crippen molar-refractivity contribution in [1.82, 2.24) is 24.7 Å². The first-order valence-corrected chi connectivity index (χ1v) is 25.9. The summed E-state index contributed by atoms with van der Waals surface area (Å²) < 4.78 is 25.9. The van der Waals surface area contributed by atoms with Gasteiger partial charge in [0.15, 0.2) is 0 Å². The summed E-state index contributed by atoms with van der Waals surface area (Å²) in [6, 6.07) is 12.0. The minimum atomic E-state index is -0.846. The molecule has 0 radical (unpaired) electrons. The van der Waals surface area contributed by atoms with E-state index in [1.165, 1.54) is 59.1 Å². The van der Waals surface area contributed by atoms with E-state index in [1.807, 2.05) is 32.0 Å². The molecule has 4 fully saturated rings. The Hall–Kier alpha value is -4.84. The molecule has 0 saturated carbocycles. The predicted molar refractivity (Wildman–Crippen MR) is 269 cm³/mol. The van der Waals surface area contributed by atoms with Crippen molar-refractivity contribution in [2.75, 3.05) is 79.0 Å². The summed E-state index contributed by atoms with van der Waals surface area (Å²) in [5.74, 6) is 1.04. The van der Waals surface area contributed by atoms with Crippen molar-refractivity contribution in [2.24, 2.45) is 43.5 Å². The molecule has 16 nitrogen and oxygen atoms in total. The van der Waals surface area contributed by atoms with Crippen LogP contribution in [0.1, 0.15) is 108 Å². The molecule has 4 atom stereocenters. The van der Waals surface area contributed by atoms with Crippen molar-refractivity contribution in [2.45, 2.75) is 103 Å². The van der Waals surface area contributed by atoms with E-state index in [2.05, 4.69) is 46.0 Å². The van der Waals surface area contributed by atoms with Gasteiger partial charge in [-0.05, 0) is 162 Å². The molecule has 4 aliphatic heterocycles. The second-order valence-electron chi connectivity index (χ2n) is 19.9. The first-order chi connectivity index (χ1) is 33.9. The molecule has 70 heavy (non-hydrogen) atoms. The third-order valence-corrected chi connectivity index (χ3v) is 15.5. The fraction of sp³-hybridized carbons (Fsp3) is 0.630. The number of aromatic nitrogens is 2. The number of aliphatic carboxylic acids is 1. The van der Waals surface area contributed by atoms with Crippen molar-refractivity contribution in [3.05, 3.63) is 70.0 Å². The smallest absolute Gasteiger partial charge is 0.335 e. The van der Waals surface area contributed by atoms with Crippen LogP contribution in [0.25, 0.3) is 21.8 Å². The zero-order chi connectivity index (χ0) is 49.7. The predicted octanol–water partition coefficient (Wildman–Crippen LogP) is 5.90. The van der Waals surface area contributed by atoms with Gasteiger partial charge in [0, 0.05) is 105 Å². The quantitative estimate of drug-likeness (QED) is 0.119. The molecule has 0 bridgehead atoms. The number of hydrogen-bond donors (Lipinski definition) is 5. The van der Waals surface area contributed by atoms with Gasteiger partial charge in [-0.1, -0.05) is 6.92 Å². The van der Waals surface area contributed by atoms with Gasteiger partial charge in [-0.15, -0.1) is 0 Å². The summed E-state index contributed by atoms with van der Waals surface area (Å²) in [6.07, 6.45) is 13.4. The number of ether oxygens (including phenoxy) is 4. The highest BCUT2D eigenvalue weighted by molar-refractivity contribution is 6.01. The summed E-state index contributed by atoms with van der Waals surface area (Å²) in [4.78, 5) is 48.5. The molecule has 4 aromatic rings. The highest BCUT2D eigenvalue weighted by atomic mass is 16.5. The number of amides is 2. The zero-order valence-electron chi connectivity index (χ0n) is 42.0. The van der Waals surface area contributed by atoms with E-state index in [0.717, 1.165) is 114 Å². The van der Waals surface area contributed by atoms with Crippen LogP contribution in [0, 0.1) is 23.7 Å². The maximum Gasteiger partial charge on any atom is 0.335 e. The Morgan fingerprint density at radius 3 is 1.61 bits per heavy atom. The molecule has 6 aliphatic rings. The molecule has 2 unspecified atom stereocenters. The summed E-state index contributed by atoms with van der Waals surface area (Å²) in [7, 11) is 4.25. The fourth-order valence-corrected chi connectivity index (χ4v) is 11.4. The second kappa shape index (κ2) is 25.5. The molecule has 6 N–H and O–H groups in total. The summed E-state index contributed by atoms with van der Waals surface area (Å²) in [6.45, 7) is 11.5. The van der Waals surface area contributed by atoms with Crippen LogP contribution in [-0.4, -0.2) is 139 Å². The zero-order valence-corrected chi connectivity index (χ0v) is 42.0. The van der Waals surface area contributed by atoms with E-state index < -0.39 is 11.9 Å². The van der Waals surface area contributed by atoms with Crippen LogP contribution >= 0.6 is 0 Å². The number of nitrogens with two attached hydrogens (primary N) is 1. The lowest BCUT2D eigenvalue weighted by Crippen LogP contribution is -2.44. The lowest BCUT2D eigenvalue weighted by atomic mass is 9.75. The maximum atomic E-state index is 13.4. The van der Waals surface area contributed by atoms with Gasteiger partial charge in [0.2, 0.25) is 5.91 Å². The van der Waals surface area contributed by atoms with Crippen LogP contribution in [0.15, 0.2) is 36.4 Å². The van der Waals surface area contributed by atoms with E-state index in [-0.39, 0.29) is 30.9 Å². The minimum Gasteiger partial charge on any atom is -0.480 e. The summed E-state index contributed by atoms with van der Waals surface area (Å²) in [5, 5.41) is 25.2. The number of carboxylic acid groups (broad SMARTS) is 2. The van der Waals surface area contributed by atoms with Crippen LogP contribution < -0.4 is 16.4 Å². The van der Waals surface area contributed by atoms with Gasteiger partial charge in [-0.3, -0.25) is 14.4 Å². The Morgan fingerprint density at radius 2 is 1.19 bits per heavy atom. The molecule has 4 saturated heterocycles. The van der Waals surface area contributed by atoms with E-state index in [1.54, 1.807) is 11.0 Å². The number of carboxylic acids is 2. The number of carbonyl (C=O) groups excluding carboxylic acids is 2. The Labute approximate surface area is 412 Å². The first-order valence-electron chi connectivity index (χ1n) is 25.9. The molecule has 384 valence electrons. The number of rotatable bonds is 11. The number of benzene rings is 2. The Balaban J connectivity index is 0.000000171. The average Bonchev–Trinajstić information content (AvgIpc) is 4.20.